The molecule has 2 aliphatic carbocycles. The van der Waals surface area contributed by atoms with Gasteiger partial charge in [0.25, 0.3) is 0 Å². The topological polar surface area (TPSA) is 93.9 Å². The number of carbonyl (C=O) groups is 2. The minimum atomic E-state index is -2.45. The predicted molar refractivity (Wildman–Crippen MR) is 225 cm³/mol. The van der Waals surface area contributed by atoms with Crippen LogP contribution in [0.3, 0.4) is 0 Å². The molecule has 8 nitrogen and oxygen atoms in total. The second-order valence-electron chi connectivity index (χ2n) is 17.1. The molecule has 1 heterocycles. The number of nitrogens with one attached hydrogen (secondary N) is 1. The van der Waals surface area contributed by atoms with Gasteiger partial charge in [-0.15, -0.1) is 0 Å². The normalized spacial score (nSPS) is 15.9. The summed E-state index contributed by atoms with van der Waals surface area (Å²) in [6, 6.07) is 33.4. The minimum absolute atomic E-state index is 0.116. The molecule has 3 amide bonds. The number of hydrogen-bond donors (Lipinski definition) is 1. The van der Waals surface area contributed by atoms with E-state index in [1.165, 1.54) is 24.2 Å². The molecule has 7 rings (SSSR count). The van der Waals surface area contributed by atoms with Crippen molar-refractivity contribution in [2.24, 2.45) is 5.92 Å². The number of aryl methyl sites for hydroxylation is 1. The van der Waals surface area contributed by atoms with E-state index < -0.39 is 32.6 Å². The van der Waals surface area contributed by atoms with E-state index in [9.17, 15) is 9.59 Å². The smallest absolute Gasteiger partial charge is 0.418 e. The highest BCUT2D eigenvalue weighted by Crippen LogP contribution is 2.45. The van der Waals surface area contributed by atoms with Crippen molar-refractivity contribution in [2.45, 2.75) is 108 Å². The molecule has 0 aliphatic heterocycles. The van der Waals surface area contributed by atoms with Gasteiger partial charge in [-0.05, 0) is 83.3 Å². The highest BCUT2D eigenvalue weighted by Gasteiger charge is 2.44. The zero-order chi connectivity index (χ0) is 39.3. The van der Waals surface area contributed by atoms with Crippen molar-refractivity contribution in [3.8, 4) is 11.1 Å². The van der Waals surface area contributed by atoms with Crippen LogP contribution in [-0.2, 0) is 15.6 Å². The maximum absolute atomic E-state index is 14.8. The number of nitrogens with zero attached hydrogens (tertiary/aromatic N) is 2. The summed E-state index contributed by atoms with van der Waals surface area (Å²) >= 11 is 0. The molecular formula is C47H57N3O5Si. The summed E-state index contributed by atoms with van der Waals surface area (Å²) < 4.78 is 19.8. The third kappa shape index (κ3) is 8.95. The first-order valence-corrected chi connectivity index (χ1v) is 23.4. The van der Waals surface area contributed by atoms with Gasteiger partial charge in [-0.25, -0.2) is 19.5 Å². The molecule has 0 radical (unpaired) electrons. The SMILES string of the molecule is CC(C)(C)[Si](C)(C)OC(c1nc2ccccc2o1)[C@H](CCc1ccccc1)NC(=O)N(CCC1CCCCC1)C(=O)OCC1c2ccccc2-c2ccccc21. The number of urea groups is 1. The average Bonchev–Trinajstić information content (AvgIpc) is 3.77. The summed E-state index contributed by atoms with van der Waals surface area (Å²) in [7, 11) is -2.45. The number of fused-ring (bicyclic) bond motifs is 4. The Bertz CT molecular complexity index is 2020. The number of aromatic nitrogens is 1. The number of rotatable bonds is 13. The maximum Gasteiger partial charge on any atom is 0.418 e. The Labute approximate surface area is 333 Å². The van der Waals surface area contributed by atoms with Gasteiger partial charge in [0.2, 0.25) is 5.89 Å². The summed E-state index contributed by atoms with van der Waals surface area (Å²) in [6.45, 7) is 11.4. The summed E-state index contributed by atoms with van der Waals surface area (Å²) in [6.07, 6.45) is 6.44. The first kappa shape index (κ1) is 39.5. The molecule has 0 bridgehead atoms. The lowest BCUT2D eigenvalue weighted by Gasteiger charge is -2.40. The zero-order valence-electron chi connectivity index (χ0n) is 33.6. The van der Waals surface area contributed by atoms with Gasteiger partial charge < -0.3 is 18.9 Å². The molecule has 1 N–H and O–H groups in total. The number of benzene rings is 4. The molecule has 294 valence electrons. The Hall–Kier alpha value is -4.73. The van der Waals surface area contributed by atoms with Crippen molar-refractivity contribution < 1.29 is 23.2 Å². The highest BCUT2D eigenvalue weighted by molar-refractivity contribution is 6.74. The largest absolute Gasteiger partial charge is 0.448 e. The average molecular weight is 772 g/mol. The number of para-hydroxylation sites is 2. The number of imide groups is 1. The van der Waals surface area contributed by atoms with Crippen LogP contribution in [0.2, 0.25) is 18.1 Å². The molecular weight excluding hydrogens is 715 g/mol. The van der Waals surface area contributed by atoms with Crippen LogP contribution in [0.4, 0.5) is 9.59 Å². The van der Waals surface area contributed by atoms with Crippen molar-refractivity contribution in [1.82, 2.24) is 15.2 Å². The van der Waals surface area contributed by atoms with Crippen LogP contribution in [0.25, 0.3) is 22.2 Å². The third-order valence-corrected chi connectivity index (χ3v) is 16.8. The monoisotopic (exact) mass is 771 g/mol. The van der Waals surface area contributed by atoms with E-state index in [4.69, 9.17) is 18.6 Å². The van der Waals surface area contributed by atoms with Crippen LogP contribution in [-0.4, -0.2) is 49.5 Å². The summed E-state index contributed by atoms with van der Waals surface area (Å²) in [4.78, 5) is 35.3. The van der Waals surface area contributed by atoms with Gasteiger partial charge in [-0.1, -0.05) is 144 Å². The van der Waals surface area contributed by atoms with E-state index >= 15 is 0 Å². The van der Waals surface area contributed by atoms with Crippen LogP contribution < -0.4 is 5.32 Å². The van der Waals surface area contributed by atoms with Crippen LogP contribution in [0.5, 0.6) is 0 Å². The number of oxazole rings is 1. The Morgan fingerprint density at radius 3 is 2.14 bits per heavy atom. The van der Waals surface area contributed by atoms with Crippen LogP contribution in [0, 0.1) is 5.92 Å². The summed E-state index contributed by atoms with van der Waals surface area (Å²) in [5, 5.41) is 3.19. The molecule has 2 atom stereocenters. The van der Waals surface area contributed by atoms with Crippen molar-refractivity contribution in [3.63, 3.8) is 0 Å². The van der Waals surface area contributed by atoms with Crippen molar-refractivity contribution >= 4 is 31.5 Å². The maximum atomic E-state index is 14.8. The van der Waals surface area contributed by atoms with Crippen LogP contribution in [0.15, 0.2) is 108 Å². The Kier molecular flexibility index (Phi) is 12.1. The van der Waals surface area contributed by atoms with E-state index in [0.717, 1.165) is 52.6 Å². The molecule has 9 heteroatoms. The Morgan fingerprint density at radius 2 is 1.48 bits per heavy atom. The van der Waals surface area contributed by atoms with E-state index in [1.807, 2.05) is 66.7 Å². The van der Waals surface area contributed by atoms with E-state index in [1.54, 1.807) is 0 Å². The fourth-order valence-corrected chi connectivity index (χ4v) is 9.30. The standard InChI is InChI=1S/C47H57N3O5Si/c1-47(2,3)56(4,5)55-43(44-48-40-26-16-17-27-42(40)54-44)41(29-28-33-18-8-6-9-19-33)49-45(51)50(31-30-34-20-10-7-11-21-34)46(52)53-32-39-37-24-14-12-22-35(37)36-23-13-15-25-38(36)39/h6,8-9,12-19,22-27,34,39,41,43H,7,10-11,20-21,28-32H2,1-5H3,(H,49,51)/t41-,43?/m0/s1. The van der Waals surface area contributed by atoms with Gasteiger partial charge >= 0.3 is 12.1 Å². The molecule has 0 saturated heterocycles. The fraction of sp³-hybridized carbons (Fsp3) is 0.426. The molecule has 2 aliphatic rings. The number of hydrogen-bond acceptors (Lipinski definition) is 6. The highest BCUT2D eigenvalue weighted by atomic mass is 28.4. The van der Waals surface area contributed by atoms with Crippen LogP contribution in [0.1, 0.15) is 100 Å². The summed E-state index contributed by atoms with van der Waals surface area (Å²) in [5.74, 6) is 0.766. The van der Waals surface area contributed by atoms with E-state index in [2.05, 4.69) is 75.6 Å². The van der Waals surface area contributed by atoms with Gasteiger partial charge in [0.15, 0.2) is 13.9 Å². The molecule has 4 aromatic carbocycles. The van der Waals surface area contributed by atoms with Gasteiger partial charge in [-0.2, -0.15) is 0 Å². The van der Waals surface area contributed by atoms with E-state index in [0.29, 0.717) is 30.2 Å². The number of ether oxygens (including phenoxy) is 1. The Morgan fingerprint density at radius 1 is 0.857 bits per heavy atom. The Balaban J connectivity index is 1.19. The lowest BCUT2D eigenvalue weighted by molar-refractivity contribution is 0.0904. The number of amides is 3. The van der Waals surface area contributed by atoms with Crippen molar-refractivity contribution in [1.29, 1.82) is 0 Å². The number of carbonyl (C=O) groups excluding carboxylic acids is 2. The fourth-order valence-electron chi connectivity index (χ4n) is 8.05. The molecule has 5 aromatic rings. The minimum Gasteiger partial charge on any atom is -0.448 e. The lowest BCUT2D eigenvalue weighted by Crippen LogP contribution is -2.52. The van der Waals surface area contributed by atoms with Gasteiger partial charge in [-0.3, -0.25) is 0 Å². The van der Waals surface area contributed by atoms with Gasteiger partial charge in [0.1, 0.15) is 18.2 Å². The van der Waals surface area contributed by atoms with Crippen LogP contribution >= 0.6 is 0 Å². The second-order valence-corrected chi connectivity index (χ2v) is 21.9. The summed E-state index contributed by atoms with van der Waals surface area (Å²) in [5.41, 5.74) is 7.10. The molecule has 1 fully saturated rings. The molecule has 1 unspecified atom stereocenters. The molecule has 56 heavy (non-hydrogen) atoms. The first-order valence-electron chi connectivity index (χ1n) is 20.5. The van der Waals surface area contributed by atoms with Crippen molar-refractivity contribution in [3.05, 3.63) is 126 Å². The third-order valence-electron chi connectivity index (χ3n) is 12.3. The quantitative estimate of drug-likeness (QED) is 0.120. The predicted octanol–water partition coefficient (Wildman–Crippen LogP) is 11.8. The van der Waals surface area contributed by atoms with Gasteiger partial charge in [0, 0.05) is 12.5 Å². The molecule has 1 saturated carbocycles. The van der Waals surface area contributed by atoms with E-state index in [-0.39, 0.29) is 24.1 Å². The molecule has 0 spiro atoms. The zero-order valence-corrected chi connectivity index (χ0v) is 34.6. The molecule has 1 aromatic heterocycles. The lowest BCUT2D eigenvalue weighted by atomic mass is 9.87. The van der Waals surface area contributed by atoms with Crippen molar-refractivity contribution in [2.75, 3.05) is 13.2 Å². The second kappa shape index (κ2) is 17.2. The first-order chi connectivity index (χ1) is 27.0. The van der Waals surface area contributed by atoms with Gasteiger partial charge in [0.05, 0.1) is 6.04 Å².